The molecule has 0 heterocycles. The van der Waals surface area contributed by atoms with E-state index in [1.165, 1.54) is 7.11 Å². The molecule has 0 aromatic carbocycles. The van der Waals surface area contributed by atoms with Crippen LogP contribution < -0.4 is 0 Å². The van der Waals surface area contributed by atoms with Gasteiger partial charge >= 0.3 is 5.97 Å². The van der Waals surface area contributed by atoms with Crippen LogP contribution in [0.2, 0.25) is 0 Å². The zero-order valence-corrected chi connectivity index (χ0v) is 13.1. The maximum Gasteiger partial charge on any atom is 0.310 e. The van der Waals surface area contributed by atoms with E-state index in [0.29, 0.717) is 19.7 Å². The van der Waals surface area contributed by atoms with E-state index < -0.39 is 5.41 Å². The van der Waals surface area contributed by atoms with Crippen molar-refractivity contribution in [2.75, 3.05) is 40.0 Å². The Morgan fingerprint density at radius 2 is 1.85 bits per heavy atom. The lowest BCUT2D eigenvalue weighted by atomic mass is 9.94. The summed E-state index contributed by atoms with van der Waals surface area (Å²) in [6.45, 7) is 8.43. The molecule has 1 unspecified atom stereocenters. The van der Waals surface area contributed by atoms with Gasteiger partial charge in [0.1, 0.15) is 0 Å². The lowest BCUT2D eigenvalue weighted by Gasteiger charge is -2.31. The van der Waals surface area contributed by atoms with Crippen molar-refractivity contribution >= 4 is 11.9 Å². The SMILES string of the molecule is COC(=O)C(C)CN(CCOCCO)C(=O)C(C)(C)C. The lowest BCUT2D eigenvalue weighted by molar-refractivity contribution is -0.148. The Labute approximate surface area is 121 Å². The molecule has 0 aromatic heterocycles. The first-order valence-corrected chi connectivity index (χ1v) is 6.79. The third-order valence-corrected chi connectivity index (χ3v) is 2.77. The highest BCUT2D eigenvalue weighted by Crippen LogP contribution is 2.18. The van der Waals surface area contributed by atoms with Crippen molar-refractivity contribution in [2.24, 2.45) is 11.3 Å². The summed E-state index contributed by atoms with van der Waals surface area (Å²) in [4.78, 5) is 25.4. The second-order valence-corrected chi connectivity index (χ2v) is 5.76. The predicted octanol–water partition coefficient (Wildman–Crippen LogP) is 0.679. The summed E-state index contributed by atoms with van der Waals surface area (Å²) in [6, 6.07) is 0. The molecule has 0 spiro atoms. The van der Waals surface area contributed by atoms with Crippen LogP contribution in [-0.4, -0.2) is 61.9 Å². The molecule has 0 rings (SSSR count). The van der Waals surface area contributed by atoms with Crippen molar-refractivity contribution in [3.05, 3.63) is 0 Å². The van der Waals surface area contributed by atoms with Crippen molar-refractivity contribution in [3.63, 3.8) is 0 Å². The van der Waals surface area contributed by atoms with Crippen LogP contribution in [-0.2, 0) is 19.1 Å². The van der Waals surface area contributed by atoms with Gasteiger partial charge in [0.25, 0.3) is 0 Å². The molecule has 0 radical (unpaired) electrons. The number of aliphatic hydroxyl groups is 1. The van der Waals surface area contributed by atoms with Crippen LogP contribution in [0, 0.1) is 11.3 Å². The first-order chi connectivity index (χ1) is 9.23. The zero-order valence-electron chi connectivity index (χ0n) is 13.1. The number of methoxy groups -OCH3 is 1. The molecular formula is C14H27NO5. The number of carbonyl (C=O) groups excluding carboxylic acids is 2. The summed E-state index contributed by atoms with van der Waals surface area (Å²) < 4.78 is 9.86. The number of hydrogen-bond acceptors (Lipinski definition) is 5. The van der Waals surface area contributed by atoms with Gasteiger partial charge in [0, 0.05) is 18.5 Å². The minimum atomic E-state index is -0.521. The van der Waals surface area contributed by atoms with Gasteiger partial charge in [-0.2, -0.15) is 0 Å². The highest BCUT2D eigenvalue weighted by atomic mass is 16.5. The molecule has 0 fully saturated rings. The van der Waals surface area contributed by atoms with Gasteiger partial charge in [-0.3, -0.25) is 9.59 Å². The van der Waals surface area contributed by atoms with Gasteiger partial charge in [-0.05, 0) is 0 Å². The van der Waals surface area contributed by atoms with Crippen molar-refractivity contribution in [1.29, 1.82) is 0 Å². The Bertz CT molecular complexity index is 311. The number of esters is 1. The largest absolute Gasteiger partial charge is 0.469 e. The Hall–Kier alpha value is -1.14. The van der Waals surface area contributed by atoms with Crippen LogP contribution in [0.1, 0.15) is 27.7 Å². The van der Waals surface area contributed by atoms with Crippen molar-refractivity contribution in [1.82, 2.24) is 4.90 Å². The van der Waals surface area contributed by atoms with Crippen LogP contribution in [0.5, 0.6) is 0 Å². The Morgan fingerprint density at radius 1 is 1.25 bits per heavy atom. The van der Waals surface area contributed by atoms with Gasteiger partial charge in [-0.15, -0.1) is 0 Å². The van der Waals surface area contributed by atoms with Gasteiger partial charge in [-0.25, -0.2) is 0 Å². The summed E-state index contributed by atoms with van der Waals surface area (Å²) in [6.07, 6.45) is 0. The smallest absolute Gasteiger partial charge is 0.310 e. The standard InChI is InChI=1S/C14H27NO5/c1-11(12(17)19-5)10-15(6-8-20-9-7-16)13(18)14(2,3)4/h11,16H,6-10H2,1-5H3. The summed E-state index contributed by atoms with van der Waals surface area (Å²) in [5.74, 6) is -0.766. The molecule has 6 nitrogen and oxygen atoms in total. The number of hydrogen-bond donors (Lipinski definition) is 1. The fourth-order valence-corrected chi connectivity index (χ4v) is 1.70. The molecule has 0 bridgehead atoms. The summed E-state index contributed by atoms with van der Waals surface area (Å²) in [5, 5.41) is 8.65. The van der Waals surface area contributed by atoms with Crippen molar-refractivity contribution in [2.45, 2.75) is 27.7 Å². The van der Waals surface area contributed by atoms with E-state index in [9.17, 15) is 9.59 Å². The molecule has 0 saturated carbocycles. The van der Waals surface area contributed by atoms with E-state index >= 15 is 0 Å². The molecule has 0 aliphatic rings. The molecule has 1 atom stereocenters. The molecule has 0 aromatic rings. The predicted molar refractivity (Wildman–Crippen MR) is 75.1 cm³/mol. The highest BCUT2D eigenvalue weighted by molar-refractivity contribution is 5.82. The molecule has 0 aliphatic heterocycles. The van der Waals surface area contributed by atoms with Crippen LogP contribution in [0.4, 0.5) is 0 Å². The molecule has 1 N–H and O–H groups in total. The van der Waals surface area contributed by atoms with Gasteiger partial charge in [0.05, 0.1) is 32.8 Å². The van der Waals surface area contributed by atoms with Gasteiger partial charge in [0.2, 0.25) is 5.91 Å². The van der Waals surface area contributed by atoms with E-state index in [2.05, 4.69) is 4.74 Å². The number of nitrogens with zero attached hydrogens (tertiary/aromatic N) is 1. The van der Waals surface area contributed by atoms with E-state index in [0.717, 1.165) is 0 Å². The Kier molecular flexibility index (Phi) is 8.41. The minimum absolute atomic E-state index is 0.0409. The highest BCUT2D eigenvalue weighted by Gasteiger charge is 2.29. The van der Waals surface area contributed by atoms with Crippen LogP contribution >= 0.6 is 0 Å². The number of ether oxygens (including phenoxy) is 2. The van der Waals surface area contributed by atoms with Crippen molar-refractivity contribution in [3.8, 4) is 0 Å². The Morgan fingerprint density at radius 3 is 2.30 bits per heavy atom. The number of rotatable bonds is 8. The molecule has 118 valence electrons. The zero-order chi connectivity index (χ0) is 15.8. The maximum atomic E-state index is 12.3. The third-order valence-electron chi connectivity index (χ3n) is 2.77. The fourth-order valence-electron chi connectivity index (χ4n) is 1.70. The summed E-state index contributed by atoms with van der Waals surface area (Å²) >= 11 is 0. The number of aliphatic hydroxyl groups excluding tert-OH is 1. The summed E-state index contributed by atoms with van der Waals surface area (Å²) in [7, 11) is 1.33. The normalized spacial score (nSPS) is 12.9. The number of carbonyl (C=O) groups is 2. The van der Waals surface area contributed by atoms with Crippen LogP contribution in [0.15, 0.2) is 0 Å². The topological polar surface area (TPSA) is 76.1 Å². The molecule has 20 heavy (non-hydrogen) atoms. The molecule has 1 amide bonds. The van der Waals surface area contributed by atoms with Crippen LogP contribution in [0.3, 0.4) is 0 Å². The molecule has 0 saturated heterocycles. The second kappa shape index (κ2) is 8.92. The third kappa shape index (κ3) is 6.86. The average molecular weight is 289 g/mol. The van der Waals surface area contributed by atoms with Crippen LogP contribution in [0.25, 0.3) is 0 Å². The molecule has 6 heteroatoms. The monoisotopic (exact) mass is 289 g/mol. The fraction of sp³-hybridized carbons (Fsp3) is 0.857. The maximum absolute atomic E-state index is 12.3. The molecular weight excluding hydrogens is 262 g/mol. The minimum Gasteiger partial charge on any atom is -0.469 e. The summed E-state index contributed by atoms with van der Waals surface area (Å²) in [5.41, 5.74) is -0.521. The van der Waals surface area contributed by atoms with Crippen molar-refractivity contribution < 1.29 is 24.2 Å². The number of amides is 1. The van der Waals surface area contributed by atoms with Gasteiger partial charge < -0.3 is 19.5 Å². The average Bonchev–Trinajstić information content (AvgIpc) is 2.39. The van der Waals surface area contributed by atoms with E-state index in [1.807, 2.05) is 20.8 Å². The molecule has 0 aliphatic carbocycles. The second-order valence-electron chi connectivity index (χ2n) is 5.76. The Balaban J connectivity index is 4.62. The quantitative estimate of drug-likeness (QED) is 0.525. The first-order valence-electron chi connectivity index (χ1n) is 6.79. The van der Waals surface area contributed by atoms with Gasteiger partial charge in [0.15, 0.2) is 0 Å². The lowest BCUT2D eigenvalue weighted by Crippen LogP contribution is -2.44. The van der Waals surface area contributed by atoms with Gasteiger partial charge in [-0.1, -0.05) is 27.7 Å². The van der Waals surface area contributed by atoms with E-state index in [4.69, 9.17) is 9.84 Å². The van der Waals surface area contributed by atoms with E-state index in [-0.39, 0.29) is 31.0 Å². The van der Waals surface area contributed by atoms with E-state index in [1.54, 1.807) is 11.8 Å². The first kappa shape index (κ1) is 18.9.